The summed E-state index contributed by atoms with van der Waals surface area (Å²) in [7, 11) is -8.05. The van der Waals surface area contributed by atoms with E-state index in [1.165, 1.54) is 0 Å². The second-order valence-electron chi connectivity index (χ2n) is 15.3. The van der Waals surface area contributed by atoms with E-state index >= 15 is 0 Å². The van der Waals surface area contributed by atoms with Gasteiger partial charge in [-0.25, -0.2) is 0 Å². The zero-order valence-corrected chi connectivity index (χ0v) is 31.4. The van der Waals surface area contributed by atoms with Gasteiger partial charge in [-0.15, -0.1) is 6.58 Å². The number of hydrogen-bond acceptors (Lipinski definition) is 8. The number of ether oxygens (including phenoxy) is 3. The number of carbonyl (C=O) groups excluding carboxylic acids is 1. The zero-order valence-electron chi connectivity index (χ0n) is 27.4. The summed E-state index contributed by atoms with van der Waals surface area (Å²) in [4.78, 5) is 12.7. The highest BCUT2D eigenvalue weighted by Gasteiger charge is 2.52. The normalized spacial score (nSPS) is 26.3. The molecule has 0 aromatic heterocycles. The predicted molar refractivity (Wildman–Crippen MR) is 168 cm³/mol. The third kappa shape index (κ3) is 15.6. The molecule has 1 rings (SSSR count). The molecular weight excluding hydrogens is 565 g/mol. The fourth-order valence-electron chi connectivity index (χ4n) is 3.99. The molecule has 0 aliphatic carbocycles. The van der Waals surface area contributed by atoms with Crippen molar-refractivity contribution in [2.24, 2.45) is 0 Å². The van der Waals surface area contributed by atoms with Crippen molar-refractivity contribution in [1.82, 2.24) is 0 Å². The molecule has 0 aromatic rings. The first-order chi connectivity index (χ1) is 17.3. The first-order valence-electron chi connectivity index (χ1n) is 14.1. The van der Waals surface area contributed by atoms with Gasteiger partial charge >= 0.3 is 5.97 Å². The average molecular weight is 623 g/mol. The third-order valence-electron chi connectivity index (χ3n) is 5.10. The molecular formula is C27H58O8Si4. The molecule has 8 nitrogen and oxygen atoms in total. The second-order valence-corrected chi connectivity index (χ2v) is 33.1. The van der Waals surface area contributed by atoms with Gasteiger partial charge in [0.25, 0.3) is 0 Å². The number of carbonyl (C=O) groups is 1. The van der Waals surface area contributed by atoms with Gasteiger partial charge in [0, 0.05) is 0 Å². The van der Waals surface area contributed by atoms with Crippen molar-refractivity contribution in [3.8, 4) is 0 Å². The van der Waals surface area contributed by atoms with Crippen LogP contribution in [0.3, 0.4) is 0 Å². The van der Waals surface area contributed by atoms with E-state index < -0.39 is 69.6 Å². The zero-order chi connectivity index (χ0) is 30.6. The monoisotopic (exact) mass is 622 g/mol. The third-order valence-corrected chi connectivity index (χ3v) is 9.07. The molecule has 0 radical (unpaired) electrons. The van der Waals surface area contributed by atoms with E-state index in [0.29, 0.717) is 6.61 Å². The van der Waals surface area contributed by atoms with Gasteiger partial charge in [0.2, 0.25) is 0 Å². The van der Waals surface area contributed by atoms with Crippen molar-refractivity contribution >= 4 is 39.2 Å². The number of esters is 1. The predicted octanol–water partition coefficient (Wildman–Crippen LogP) is 6.53. The first kappa shape index (κ1) is 36.9. The molecule has 1 fully saturated rings. The van der Waals surface area contributed by atoms with Gasteiger partial charge in [-0.2, -0.15) is 0 Å². The van der Waals surface area contributed by atoms with Gasteiger partial charge in [-0.1, -0.05) is 6.08 Å². The lowest BCUT2D eigenvalue weighted by Gasteiger charge is -2.51. The van der Waals surface area contributed by atoms with Crippen molar-refractivity contribution in [3.63, 3.8) is 0 Å². The van der Waals surface area contributed by atoms with Crippen LogP contribution in [0.1, 0.15) is 27.2 Å². The van der Waals surface area contributed by atoms with Gasteiger partial charge in [0.1, 0.15) is 30.0 Å². The van der Waals surface area contributed by atoms with Crippen LogP contribution in [-0.2, 0) is 36.7 Å². The highest BCUT2D eigenvalue weighted by atomic mass is 28.4. The van der Waals surface area contributed by atoms with E-state index in [0.717, 1.165) is 0 Å². The molecule has 230 valence electrons. The first-order valence-corrected chi connectivity index (χ1v) is 27.7. The maximum absolute atomic E-state index is 12.7. The van der Waals surface area contributed by atoms with E-state index in [1.54, 1.807) is 6.08 Å². The van der Waals surface area contributed by atoms with Crippen molar-refractivity contribution in [3.05, 3.63) is 12.7 Å². The Kier molecular flexibility index (Phi) is 13.1. The molecule has 1 heterocycles. The fourth-order valence-corrected chi connectivity index (χ4v) is 7.90. The lowest BCUT2D eigenvalue weighted by molar-refractivity contribution is -0.297. The maximum atomic E-state index is 12.7. The quantitative estimate of drug-likeness (QED) is 0.123. The van der Waals surface area contributed by atoms with E-state index in [9.17, 15) is 4.79 Å². The molecule has 12 heteroatoms. The standard InChI is InChI=1S/C27H58O8Si4/c1-17-20(18-22(28)32-27(2,3)4)30-26-25(35-39(14,15)16)24(34-38(11,12)13)23(33-37(8,9)10)21(31-26)19-29-36(5,6)7/h17,20-21,23-26H,1,18-19H2,2-16H3/t20-,21+,23+,24-,25+,26+/m0/s1. The summed E-state index contributed by atoms with van der Waals surface area (Å²) >= 11 is 0. The van der Waals surface area contributed by atoms with Crippen molar-refractivity contribution in [2.75, 3.05) is 6.61 Å². The van der Waals surface area contributed by atoms with Gasteiger partial charge in [0.05, 0.1) is 19.1 Å². The Morgan fingerprint density at radius 1 is 0.795 bits per heavy atom. The highest BCUT2D eigenvalue weighted by molar-refractivity contribution is 6.71. The highest BCUT2D eigenvalue weighted by Crippen LogP contribution is 2.35. The molecule has 1 aliphatic heterocycles. The number of hydrogen-bond donors (Lipinski definition) is 0. The maximum Gasteiger partial charge on any atom is 0.309 e. The van der Waals surface area contributed by atoms with Crippen LogP contribution in [0.25, 0.3) is 0 Å². The van der Waals surface area contributed by atoms with Gasteiger partial charge in [0.15, 0.2) is 39.6 Å². The molecule has 0 bridgehead atoms. The molecule has 0 saturated carbocycles. The Morgan fingerprint density at radius 3 is 1.67 bits per heavy atom. The smallest absolute Gasteiger partial charge is 0.309 e. The molecule has 0 amide bonds. The average Bonchev–Trinajstić information content (AvgIpc) is 2.65. The largest absolute Gasteiger partial charge is 0.460 e. The summed E-state index contributed by atoms with van der Waals surface area (Å²) in [6.07, 6.45) is -1.57. The summed E-state index contributed by atoms with van der Waals surface area (Å²) in [5.41, 5.74) is -0.593. The topological polar surface area (TPSA) is 81.7 Å². The van der Waals surface area contributed by atoms with Crippen LogP contribution < -0.4 is 0 Å². The lowest BCUT2D eigenvalue weighted by atomic mass is 9.99. The van der Waals surface area contributed by atoms with Crippen LogP contribution in [0.5, 0.6) is 0 Å². The van der Waals surface area contributed by atoms with E-state index in [-0.39, 0.29) is 18.5 Å². The van der Waals surface area contributed by atoms with E-state index in [2.05, 4.69) is 85.1 Å². The van der Waals surface area contributed by atoms with Crippen LogP contribution >= 0.6 is 0 Å². The lowest BCUT2D eigenvalue weighted by Crippen LogP contribution is -2.66. The van der Waals surface area contributed by atoms with Gasteiger partial charge in [-0.05, 0) is 99.3 Å². The Hall–Kier alpha value is -0.162. The van der Waals surface area contributed by atoms with Crippen LogP contribution in [0.2, 0.25) is 78.6 Å². The molecule has 0 aromatic carbocycles. The Morgan fingerprint density at radius 2 is 1.26 bits per heavy atom. The van der Waals surface area contributed by atoms with Crippen LogP contribution in [0, 0.1) is 0 Å². The molecule has 6 atom stereocenters. The van der Waals surface area contributed by atoms with Crippen LogP contribution in [0.4, 0.5) is 0 Å². The fraction of sp³-hybridized carbons (Fsp3) is 0.889. The van der Waals surface area contributed by atoms with Gasteiger partial charge in [-0.3, -0.25) is 4.79 Å². The molecule has 0 N–H and O–H groups in total. The minimum atomic E-state index is -2.10. The SMILES string of the molecule is C=C[C@@H](CC(=O)OC(C)(C)C)O[C@@H]1O[C@H](CO[Si](C)(C)C)[C@@H](O[Si](C)(C)C)[C@H](O[Si](C)(C)C)[C@H]1O[Si](C)(C)C. The minimum absolute atomic E-state index is 0.0186. The summed E-state index contributed by atoms with van der Waals surface area (Å²) in [5.74, 6) is -0.362. The Labute approximate surface area is 243 Å². The number of rotatable bonds is 14. The van der Waals surface area contributed by atoms with Crippen molar-refractivity contribution in [2.45, 2.75) is 148 Å². The molecule has 1 aliphatic rings. The van der Waals surface area contributed by atoms with E-state index in [4.69, 9.17) is 31.9 Å². The summed E-state index contributed by atoms with van der Waals surface area (Å²) in [5, 5.41) is 0. The summed E-state index contributed by atoms with van der Waals surface area (Å²) < 4.78 is 45.4. The van der Waals surface area contributed by atoms with Crippen molar-refractivity contribution in [1.29, 1.82) is 0 Å². The Bertz CT molecular complexity index is 790. The summed E-state index contributed by atoms with van der Waals surface area (Å²) in [6.45, 7) is 35.7. The molecule has 39 heavy (non-hydrogen) atoms. The Balaban J connectivity index is 3.53. The molecule has 0 unspecified atom stereocenters. The van der Waals surface area contributed by atoms with E-state index in [1.807, 2.05) is 20.8 Å². The molecule has 1 saturated heterocycles. The van der Waals surface area contributed by atoms with Crippen molar-refractivity contribution < 1.29 is 36.7 Å². The van der Waals surface area contributed by atoms with Crippen LogP contribution in [0.15, 0.2) is 12.7 Å². The summed E-state index contributed by atoms with van der Waals surface area (Å²) in [6, 6.07) is 0. The van der Waals surface area contributed by atoms with Crippen LogP contribution in [-0.4, -0.2) is 88.3 Å². The minimum Gasteiger partial charge on any atom is -0.460 e. The second kappa shape index (κ2) is 13.9. The van der Waals surface area contributed by atoms with Gasteiger partial charge < -0.3 is 31.9 Å². The molecule has 0 spiro atoms.